The summed E-state index contributed by atoms with van der Waals surface area (Å²) in [6.45, 7) is 5.35. The SMILES string of the molecule is Cc1cc(C(=O)N[C@@H](C(=O)O)C(C)C)ccc1-n1cncn1. The van der Waals surface area contributed by atoms with Gasteiger partial charge in [0.15, 0.2) is 0 Å². The zero-order valence-electron chi connectivity index (χ0n) is 12.6. The number of aliphatic carboxylic acids is 1. The van der Waals surface area contributed by atoms with E-state index >= 15 is 0 Å². The van der Waals surface area contributed by atoms with Gasteiger partial charge in [-0.1, -0.05) is 13.8 Å². The van der Waals surface area contributed by atoms with Crippen molar-refractivity contribution in [3.05, 3.63) is 42.0 Å². The Morgan fingerprint density at radius 2 is 2.05 bits per heavy atom. The first-order valence-corrected chi connectivity index (χ1v) is 6.89. The van der Waals surface area contributed by atoms with Gasteiger partial charge < -0.3 is 10.4 Å². The Morgan fingerprint density at radius 1 is 1.32 bits per heavy atom. The Balaban J connectivity index is 2.21. The predicted octanol–water partition coefficient (Wildman–Crippen LogP) is 1.41. The highest BCUT2D eigenvalue weighted by Crippen LogP contribution is 2.15. The molecule has 1 atom stereocenters. The first kappa shape index (κ1) is 15.7. The number of benzene rings is 1. The summed E-state index contributed by atoms with van der Waals surface area (Å²) in [5.74, 6) is -1.65. The van der Waals surface area contributed by atoms with Crippen molar-refractivity contribution >= 4 is 11.9 Å². The predicted molar refractivity (Wildman–Crippen MR) is 79.8 cm³/mol. The molecular formula is C15H18N4O3. The number of carbonyl (C=O) groups is 2. The van der Waals surface area contributed by atoms with Gasteiger partial charge in [0.25, 0.3) is 5.91 Å². The molecule has 0 radical (unpaired) electrons. The molecule has 116 valence electrons. The second-order valence-electron chi connectivity index (χ2n) is 5.37. The molecule has 1 heterocycles. The fourth-order valence-electron chi connectivity index (χ4n) is 2.12. The van der Waals surface area contributed by atoms with Gasteiger partial charge in [0.2, 0.25) is 0 Å². The number of amides is 1. The number of carboxylic acid groups (broad SMARTS) is 1. The van der Waals surface area contributed by atoms with Crippen LogP contribution in [0.2, 0.25) is 0 Å². The van der Waals surface area contributed by atoms with Crippen molar-refractivity contribution in [1.82, 2.24) is 20.1 Å². The standard InChI is InChI=1S/C15H18N4O3/c1-9(2)13(15(21)22)18-14(20)11-4-5-12(10(3)6-11)19-8-16-7-17-19/h4-9,13H,1-3H3,(H,18,20)(H,21,22)/t13-/m1/s1. The highest BCUT2D eigenvalue weighted by Gasteiger charge is 2.24. The van der Waals surface area contributed by atoms with E-state index in [0.29, 0.717) is 5.56 Å². The molecule has 2 N–H and O–H groups in total. The second kappa shape index (κ2) is 6.38. The number of aryl methyl sites for hydroxylation is 1. The summed E-state index contributed by atoms with van der Waals surface area (Å²) in [6.07, 6.45) is 3.00. The quantitative estimate of drug-likeness (QED) is 0.870. The number of hydrogen-bond donors (Lipinski definition) is 2. The zero-order chi connectivity index (χ0) is 16.3. The molecule has 7 nitrogen and oxygen atoms in total. The summed E-state index contributed by atoms with van der Waals surface area (Å²) < 4.78 is 1.60. The largest absolute Gasteiger partial charge is 0.480 e. The number of carboxylic acids is 1. The molecule has 1 aromatic carbocycles. The maximum absolute atomic E-state index is 12.2. The zero-order valence-corrected chi connectivity index (χ0v) is 12.6. The summed E-state index contributed by atoms with van der Waals surface area (Å²) in [7, 11) is 0. The number of carbonyl (C=O) groups excluding carboxylic acids is 1. The van der Waals surface area contributed by atoms with Gasteiger partial charge in [0.05, 0.1) is 5.69 Å². The van der Waals surface area contributed by atoms with Crippen LogP contribution in [-0.2, 0) is 4.79 Å². The van der Waals surface area contributed by atoms with Crippen molar-refractivity contribution in [1.29, 1.82) is 0 Å². The average Bonchev–Trinajstić information content (AvgIpc) is 2.97. The molecule has 0 fully saturated rings. The van der Waals surface area contributed by atoms with E-state index in [9.17, 15) is 9.59 Å². The summed E-state index contributed by atoms with van der Waals surface area (Å²) in [5, 5.41) is 15.7. The van der Waals surface area contributed by atoms with Gasteiger partial charge in [-0.05, 0) is 36.6 Å². The Morgan fingerprint density at radius 3 is 2.55 bits per heavy atom. The first-order chi connectivity index (χ1) is 10.4. The number of aromatic nitrogens is 3. The van der Waals surface area contributed by atoms with Crippen LogP contribution in [0.25, 0.3) is 5.69 Å². The molecule has 0 aliphatic carbocycles. The van der Waals surface area contributed by atoms with Crippen molar-refractivity contribution in [3.8, 4) is 5.69 Å². The van der Waals surface area contributed by atoms with E-state index in [0.717, 1.165) is 11.3 Å². The van der Waals surface area contributed by atoms with Gasteiger partial charge in [-0.3, -0.25) is 4.79 Å². The Hall–Kier alpha value is -2.70. The molecule has 0 saturated heterocycles. The van der Waals surface area contributed by atoms with E-state index in [4.69, 9.17) is 5.11 Å². The molecular weight excluding hydrogens is 284 g/mol. The third-order valence-electron chi connectivity index (χ3n) is 3.34. The minimum atomic E-state index is -1.04. The molecule has 7 heteroatoms. The molecule has 1 amide bonds. The van der Waals surface area contributed by atoms with Crippen molar-refractivity contribution in [2.45, 2.75) is 26.8 Å². The van der Waals surface area contributed by atoms with Gasteiger partial charge >= 0.3 is 5.97 Å². The number of nitrogens with one attached hydrogen (secondary N) is 1. The summed E-state index contributed by atoms with van der Waals surface area (Å²) in [5.41, 5.74) is 2.07. The van der Waals surface area contributed by atoms with Crippen LogP contribution in [-0.4, -0.2) is 37.8 Å². The fourth-order valence-corrected chi connectivity index (χ4v) is 2.12. The lowest BCUT2D eigenvalue weighted by Crippen LogP contribution is -2.44. The monoisotopic (exact) mass is 302 g/mol. The third kappa shape index (κ3) is 3.30. The van der Waals surface area contributed by atoms with Gasteiger partial charge in [0, 0.05) is 5.56 Å². The lowest BCUT2D eigenvalue weighted by Gasteiger charge is -2.18. The smallest absolute Gasteiger partial charge is 0.326 e. The summed E-state index contributed by atoms with van der Waals surface area (Å²) >= 11 is 0. The average molecular weight is 302 g/mol. The lowest BCUT2D eigenvalue weighted by molar-refractivity contribution is -0.140. The van der Waals surface area contributed by atoms with E-state index in [1.54, 1.807) is 43.1 Å². The third-order valence-corrected chi connectivity index (χ3v) is 3.34. The highest BCUT2D eigenvalue weighted by molar-refractivity contribution is 5.97. The van der Waals surface area contributed by atoms with Crippen molar-refractivity contribution in [3.63, 3.8) is 0 Å². The van der Waals surface area contributed by atoms with Crippen LogP contribution < -0.4 is 5.32 Å². The number of nitrogens with zero attached hydrogens (tertiary/aromatic N) is 3. The van der Waals surface area contributed by atoms with Gasteiger partial charge in [0.1, 0.15) is 18.7 Å². The normalized spacial score (nSPS) is 12.2. The maximum Gasteiger partial charge on any atom is 0.326 e. The highest BCUT2D eigenvalue weighted by atomic mass is 16.4. The molecule has 1 aromatic heterocycles. The van der Waals surface area contributed by atoms with Crippen LogP contribution in [0.4, 0.5) is 0 Å². The Kier molecular flexibility index (Phi) is 4.55. The fraction of sp³-hybridized carbons (Fsp3) is 0.333. The summed E-state index contributed by atoms with van der Waals surface area (Å²) in [6, 6.07) is 4.18. The lowest BCUT2D eigenvalue weighted by atomic mass is 10.0. The Bertz CT molecular complexity index is 680. The molecule has 0 aliphatic rings. The van der Waals surface area contributed by atoms with Crippen LogP contribution in [0.1, 0.15) is 29.8 Å². The van der Waals surface area contributed by atoms with Crippen molar-refractivity contribution < 1.29 is 14.7 Å². The van der Waals surface area contributed by atoms with Gasteiger partial charge in [-0.25, -0.2) is 14.5 Å². The van der Waals surface area contributed by atoms with Gasteiger partial charge in [-0.15, -0.1) is 0 Å². The molecule has 2 aromatic rings. The van der Waals surface area contributed by atoms with Crippen LogP contribution in [0.3, 0.4) is 0 Å². The van der Waals surface area contributed by atoms with E-state index in [2.05, 4.69) is 15.4 Å². The number of hydrogen-bond acceptors (Lipinski definition) is 4. The topological polar surface area (TPSA) is 97.1 Å². The van der Waals surface area contributed by atoms with E-state index < -0.39 is 17.9 Å². The molecule has 0 spiro atoms. The van der Waals surface area contributed by atoms with Crippen molar-refractivity contribution in [2.24, 2.45) is 5.92 Å². The first-order valence-electron chi connectivity index (χ1n) is 6.89. The minimum absolute atomic E-state index is 0.197. The molecule has 0 saturated carbocycles. The summed E-state index contributed by atoms with van der Waals surface area (Å²) in [4.78, 5) is 27.2. The van der Waals surface area contributed by atoms with Gasteiger partial charge in [-0.2, -0.15) is 5.10 Å². The van der Waals surface area contributed by atoms with Crippen LogP contribution in [0.15, 0.2) is 30.9 Å². The minimum Gasteiger partial charge on any atom is -0.480 e. The second-order valence-corrected chi connectivity index (χ2v) is 5.37. The maximum atomic E-state index is 12.2. The molecule has 0 unspecified atom stereocenters. The van der Waals surface area contributed by atoms with Crippen LogP contribution >= 0.6 is 0 Å². The molecule has 0 bridgehead atoms. The van der Waals surface area contributed by atoms with E-state index in [1.165, 1.54) is 6.33 Å². The van der Waals surface area contributed by atoms with Crippen LogP contribution in [0, 0.1) is 12.8 Å². The Labute approximate surface area is 128 Å². The molecule has 0 aliphatic heterocycles. The number of rotatable bonds is 5. The van der Waals surface area contributed by atoms with E-state index in [-0.39, 0.29) is 5.92 Å². The van der Waals surface area contributed by atoms with E-state index in [1.807, 2.05) is 6.92 Å². The molecule has 22 heavy (non-hydrogen) atoms. The van der Waals surface area contributed by atoms with Crippen molar-refractivity contribution in [2.75, 3.05) is 0 Å². The molecule has 2 rings (SSSR count). The van der Waals surface area contributed by atoms with Crippen LogP contribution in [0.5, 0.6) is 0 Å².